The van der Waals surface area contributed by atoms with E-state index >= 15 is 0 Å². The molecule has 0 aliphatic carbocycles. The third-order valence-corrected chi connectivity index (χ3v) is 2.23. The number of quaternary nitrogens is 1. The highest BCUT2D eigenvalue weighted by atomic mass is 15.0. The van der Waals surface area contributed by atoms with Crippen molar-refractivity contribution in [1.82, 2.24) is 0 Å². The first kappa shape index (κ1) is 7.73. The van der Waals surface area contributed by atoms with Crippen LogP contribution in [0.1, 0.15) is 33.1 Å². The molecule has 0 aromatic heterocycles. The molecule has 2 unspecified atom stereocenters. The summed E-state index contributed by atoms with van der Waals surface area (Å²) in [7, 11) is 0. The minimum absolute atomic E-state index is 0.606. The molecule has 2 heteroatoms. The van der Waals surface area contributed by atoms with E-state index in [0.717, 1.165) is 6.04 Å². The first-order chi connectivity index (χ1) is 4.86. The first-order valence-electron chi connectivity index (χ1n) is 4.23. The Morgan fingerprint density at radius 2 is 2.30 bits per heavy atom. The predicted octanol–water partition coefficient (Wildman–Crippen LogP) is 0.539. The topological polar surface area (TPSA) is 29.0 Å². The van der Waals surface area contributed by atoms with E-state index in [1.165, 1.54) is 19.3 Å². The van der Waals surface area contributed by atoms with Gasteiger partial charge in [-0.1, -0.05) is 13.8 Å². The van der Waals surface area contributed by atoms with E-state index in [1.54, 1.807) is 0 Å². The van der Waals surface area contributed by atoms with Crippen molar-refractivity contribution in [1.29, 1.82) is 0 Å². The zero-order valence-corrected chi connectivity index (χ0v) is 6.88. The number of rotatable bonds is 2. The van der Waals surface area contributed by atoms with Crippen LogP contribution < -0.4 is 5.32 Å². The van der Waals surface area contributed by atoms with Gasteiger partial charge in [-0.05, 0) is 12.8 Å². The van der Waals surface area contributed by atoms with Gasteiger partial charge in [0.05, 0.1) is 12.1 Å². The molecule has 0 fully saturated rings. The van der Waals surface area contributed by atoms with Gasteiger partial charge in [0.15, 0.2) is 6.34 Å². The molecule has 0 spiro atoms. The summed E-state index contributed by atoms with van der Waals surface area (Å²) >= 11 is 0. The molecule has 2 nitrogen and oxygen atoms in total. The third-order valence-electron chi connectivity index (χ3n) is 2.23. The van der Waals surface area contributed by atoms with Gasteiger partial charge in [-0.3, -0.25) is 0 Å². The Morgan fingerprint density at radius 1 is 1.50 bits per heavy atom. The van der Waals surface area contributed by atoms with E-state index in [0.29, 0.717) is 6.04 Å². The average Bonchev–Trinajstić information content (AvgIpc) is 2.05. The van der Waals surface area contributed by atoms with Gasteiger partial charge in [0.2, 0.25) is 0 Å². The maximum Gasteiger partial charge on any atom is 0.182 e. The van der Waals surface area contributed by atoms with Crippen molar-refractivity contribution in [2.45, 2.75) is 45.2 Å². The fraction of sp³-hybridized carbons (Fsp3) is 0.875. The quantitative estimate of drug-likeness (QED) is 0.581. The molecule has 0 bridgehead atoms. The number of nitrogens with two attached hydrogens (primary N) is 1. The molecule has 10 heavy (non-hydrogen) atoms. The highest BCUT2D eigenvalue weighted by Crippen LogP contribution is 2.07. The molecule has 0 saturated carbocycles. The van der Waals surface area contributed by atoms with Gasteiger partial charge >= 0.3 is 0 Å². The van der Waals surface area contributed by atoms with E-state index in [2.05, 4.69) is 24.2 Å². The highest BCUT2D eigenvalue weighted by molar-refractivity contribution is 5.43. The molecular formula is C8H17N2+. The van der Waals surface area contributed by atoms with Gasteiger partial charge in [0.1, 0.15) is 0 Å². The Labute approximate surface area is 62.7 Å². The number of nitrogens with zero attached hydrogens (tertiary/aromatic N) is 1. The van der Waals surface area contributed by atoms with E-state index in [4.69, 9.17) is 0 Å². The predicted molar refractivity (Wildman–Crippen MR) is 43.2 cm³/mol. The maximum atomic E-state index is 4.37. The molecule has 2 N–H and O–H groups in total. The van der Waals surface area contributed by atoms with Crippen molar-refractivity contribution < 1.29 is 5.32 Å². The van der Waals surface area contributed by atoms with Crippen LogP contribution in [0.2, 0.25) is 0 Å². The highest BCUT2D eigenvalue weighted by Gasteiger charge is 2.18. The number of hydrogen-bond donors (Lipinski definition) is 1. The summed E-state index contributed by atoms with van der Waals surface area (Å²) in [5.74, 6) is 0. The second kappa shape index (κ2) is 3.71. The second-order valence-corrected chi connectivity index (χ2v) is 2.96. The van der Waals surface area contributed by atoms with E-state index in [-0.39, 0.29) is 0 Å². The van der Waals surface area contributed by atoms with Crippen LogP contribution in [0.4, 0.5) is 0 Å². The summed E-state index contributed by atoms with van der Waals surface area (Å²) in [6, 6.07) is 1.40. The summed E-state index contributed by atoms with van der Waals surface area (Å²) in [5, 5.41) is 2.23. The molecule has 1 aliphatic rings. The van der Waals surface area contributed by atoms with Crippen LogP contribution in [0.5, 0.6) is 0 Å². The standard InChI is InChI=1S/C8H16N2/c1-3-7-5-8(4-2)10-6-9-7/h6-8H,3-5H2,1-2H3,(H,9,10)/p+1. The van der Waals surface area contributed by atoms with Crippen molar-refractivity contribution in [3.8, 4) is 0 Å². The second-order valence-electron chi connectivity index (χ2n) is 2.96. The smallest absolute Gasteiger partial charge is 0.182 e. The van der Waals surface area contributed by atoms with Crippen molar-refractivity contribution in [3.63, 3.8) is 0 Å². The Bertz CT molecular complexity index is 120. The fourth-order valence-corrected chi connectivity index (χ4v) is 1.36. The van der Waals surface area contributed by atoms with Crippen LogP contribution in [-0.2, 0) is 0 Å². The fourth-order valence-electron chi connectivity index (χ4n) is 1.36. The van der Waals surface area contributed by atoms with Gasteiger partial charge in [0, 0.05) is 6.42 Å². The summed E-state index contributed by atoms with van der Waals surface area (Å²) in [6.07, 6.45) is 5.72. The lowest BCUT2D eigenvalue weighted by Crippen LogP contribution is -2.90. The maximum absolute atomic E-state index is 4.37. The SMILES string of the molecule is CCC1CC(CC)[NH2+]C=N1. The van der Waals surface area contributed by atoms with Crippen LogP contribution in [0.15, 0.2) is 4.99 Å². The lowest BCUT2D eigenvalue weighted by Gasteiger charge is -2.19. The third kappa shape index (κ3) is 1.81. The Balaban J connectivity index is 2.38. The van der Waals surface area contributed by atoms with Crippen molar-refractivity contribution in [2.75, 3.05) is 0 Å². The molecule has 1 aliphatic heterocycles. The van der Waals surface area contributed by atoms with Gasteiger partial charge in [-0.2, -0.15) is 0 Å². The minimum Gasteiger partial charge on any atom is -0.302 e. The average molecular weight is 141 g/mol. The van der Waals surface area contributed by atoms with Gasteiger partial charge in [-0.15, -0.1) is 0 Å². The van der Waals surface area contributed by atoms with Crippen LogP contribution in [0.3, 0.4) is 0 Å². The van der Waals surface area contributed by atoms with Crippen LogP contribution >= 0.6 is 0 Å². The Hall–Kier alpha value is -0.370. The molecule has 0 radical (unpaired) electrons. The molecule has 2 atom stereocenters. The zero-order chi connectivity index (χ0) is 7.40. The monoisotopic (exact) mass is 141 g/mol. The van der Waals surface area contributed by atoms with E-state index in [1.807, 2.05) is 6.34 Å². The lowest BCUT2D eigenvalue weighted by atomic mass is 10.0. The summed E-state index contributed by atoms with van der Waals surface area (Å²) in [6.45, 7) is 4.45. The lowest BCUT2D eigenvalue weighted by molar-refractivity contribution is -0.578. The summed E-state index contributed by atoms with van der Waals surface area (Å²) < 4.78 is 0. The number of hydrogen-bond acceptors (Lipinski definition) is 1. The molecule has 0 aromatic rings. The van der Waals surface area contributed by atoms with Gasteiger partial charge < -0.3 is 5.32 Å². The molecule has 58 valence electrons. The van der Waals surface area contributed by atoms with Crippen molar-refractivity contribution in [3.05, 3.63) is 0 Å². The minimum atomic E-state index is 0.606. The van der Waals surface area contributed by atoms with Crippen LogP contribution in [0.25, 0.3) is 0 Å². The Morgan fingerprint density at radius 3 is 2.90 bits per heavy atom. The molecular weight excluding hydrogens is 124 g/mol. The molecule has 1 heterocycles. The molecule has 0 aromatic carbocycles. The van der Waals surface area contributed by atoms with Crippen LogP contribution in [-0.4, -0.2) is 18.4 Å². The normalized spacial score (nSPS) is 32.6. The van der Waals surface area contributed by atoms with E-state index in [9.17, 15) is 0 Å². The van der Waals surface area contributed by atoms with Crippen molar-refractivity contribution in [2.24, 2.45) is 4.99 Å². The van der Waals surface area contributed by atoms with Crippen LogP contribution in [0, 0.1) is 0 Å². The van der Waals surface area contributed by atoms with E-state index < -0.39 is 0 Å². The Kier molecular flexibility index (Phi) is 2.87. The zero-order valence-electron chi connectivity index (χ0n) is 6.88. The number of aliphatic imine (C=N–C) groups is 1. The van der Waals surface area contributed by atoms with Gasteiger partial charge in [0.25, 0.3) is 0 Å². The molecule has 0 amide bonds. The molecule has 1 rings (SSSR count). The first-order valence-corrected chi connectivity index (χ1v) is 4.23. The van der Waals surface area contributed by atoms with Crippen molar-refractivity contribution >= 4 is 6.34 Å². The largest absolute Gasteiger partial charge is 0.302 e. The summed E-state index contributed by atoms with van der Waals surface area (Å²) in [5.41, 5.74) is 0. The molecule has 0 saturated heterocycles. The van der Waals surface area contributed by atoms with Gasteiger partial charge in [-0.25, -0.2) is 4.99 Å². The summed E-state index contributed by atoms with van der Waals surface area (Å²) in [4.78, 5) is 4.37.